The van der Waals surface area contributed by atoms with E-state index in [4.69, 9.17) is 15.2 Å². The van der Waals surface area contributed by atoms with Crippen LogP contribution < -0.4 is 20.5 Å². The van der Waals surface area contributed by atoms with Crippen molar-refractivity contribution in [1.29, 1.82) is 0 Å². The number of carbonyl (C=O) groups excluding carboxylic acids is 1. The van der Waals surface area contributed by atoms with Crippen LogP contribution in [0.2, 0.25) is 0 Å². The molecule has 1 aliphatic rings. The number of anilines is 1. The Morgan fingerprint density at radius 3 is 2.62 bits per heavy atom. The van der Waals surface area contributed by atoms with Crippen LogP contribution in [0.15, 0.2) is 23.6 Å². The maximum Gasteiger partial charge on any atom is 0.246 e. The zero-order chi connectivity index (χ0) is 17.2. The van der Waals surface area contributed by atoms with Gasteiger partial charge in [0.15, 0.2) is 16.6 Å². The standard InChI is InChI=1S/C17H21N3O3S/c1-22-13-6-5-11(9-14(13)23-2)12-10-24-16(19-12)20-15(21)17(18)7-3-4-8-17/h5-6,9-10H,3-4,7-8,18H2,1-2H3,(H,19,20,21). The normalized spacial score (nSPS) is 16.0. The van der Waals surface area contributed by atoms with E-state index in [-0.39, 0.29) is 5.91 Å². The predicted molar refractivity (Wildman–Crippen MR) is 94.7 cm³/mol. The number of carbonyl (C=O) groups is 1. The molecule has 0 spiro atoms. The van der Waals surface area contributed by atoms with Gasteiger partial charge in [-0.25, -0.2) is 4.98 Å². The first-order chi connectivity index (χ1) is 11.6. The van der Waals surface area contributed by atoms with Gasteiger partial charge in [-0.15, -0.1) is 11.3 Å². The van der Waals surface area contributed by atoms with Gasteiger partial charge in [0.1, 0.15) is 0 Å². The van der Waals surface area contributed by atoms with Gasteiger partial charge in [-0.05, 0) is 31.0 Å². The fourth-order valence-corrected chi connectivity index (χ4v) is 3.63. The highest BCUT2D eigenvalue weighted by Crippen LogP contribution is 2.34. The van der Waals surface area contributed by atoms with Crippen LogP contribution in [0, 0.1) is 0 Å². The summed E-state index contributed by atoms with van der Waals surface area (Å²) in [5.74, 6) is 1.16. The number of methoxy groups -OCH3 is 2. The van der Waals surface area contributed by atoms with Crippen LogP contribution in [0.4, 0.5) is 5.13 Å². The molecule has 0 aliphatic heterocycles. The lowest BCUT2D eigenvalue weighted by Crippen LogP contribution is -2.48. The summed E-state index contributed by atoms with van der Waals surface area (Å²) in [6, 6.07) is 5.60. The summed E-state index contributed by atoms with van der Waals surface area (Å²) < 4.78 is 10.6. The second-order valence-electron chi connectivity index (χ2n) is 5.93. The third kappa shape index (κ3) is 3.22. The van der Waals surface area contributed by atoms with Crippen molar-refractivity contribution < 1.29 is 14.3 Å². The quantitative estimate of drug-likeness (QED) is 0.868. The van der Waals surface area contributed by atoms with Gasteiger partial charge in [0.25, 0.3) is 0 Å². The van der Waals surface area contributed by atoms with Crippen LogP contribution in [-0.2, 0) is 4.79 Å². The molecule has 1 fully saturated rings. The SMILES string of the molecule is COc1ccc(-c2csc(NC(=O)C3(N)CCCC3)n2)cc1OC. The molecule has 1 heterocycles. The van der Waals surface area contributed by atoms with Crippen LogP contribution in [0.5, 0.6) is 11.5 Å². The van der Waals surface area contributed by atoms with Crippen molar-refractivity contribution in [2.45, 2.75) is 31.2 Å². The number of hydrogen-bond donors (Lipinski definition) is 2. The van der Waals surface area contributed by atoms with E-state index in [0.29, 0.717) is 16.6 Å². The number of nitrogens with zero attached hydrogens (tertiary/aromatic N) is 1. The summed E-state index contributed by atoms with van der Waals surface area (Å²) in [6.45, 7) is 0. The molecule has 1 amide bonds. The molecule has 128 valence electrons. The van der Waals surface area contributed by atoms with Gasteiger partial charge in [-0.3, -0.25) is 4.79 Å². The van der Waals surface area contributed by atoms with Crippen molar-refractivity contribution in [1.82, 2.24) is 4.98 Å². The van der Waals surface area contributed by atoms with E-state index in [1.54, 1.807) is 14.2 Å². The van der Waals surface area contributed by atoms with Crippen LogP contribution in [0.1, 0.15) is 25.7 Å². The van der Waals surface area contributed by atoms with Crippen LogP contribution in [-0.4, -0.2) is 30.6 Å². The highest BCUT2D eigenvalue weighted by atomic mass is 32.1. The van der Waals surface area contributed by atoms with E-state index in [9.17, 15) is 4.79 Å². The first-order valence-corrected chi connectivity index (χ1v) is 8.72. The Labute approximate surface area is 145 Å². The van der Waals surface area contributed by atoms with E-state index in [0.717, 1.165) is 36.9 Å². The molecular weight excluding hydrogens is 326 g/mol. The minimum atomic E-state index is -0.755. The largest absolute Gasteiger partial charge is 0.493 e. The molecule has 24 heavy (non-hydrogen) atoms. The molecule has 3 N–H and O–H groups in total. The van der Waals surface area contributed by atoms with E-state index in [1.165, 1.54) is 11.3 Å². The van der Waals surface area contributed by atoms with Gasteiger partial charge < -0.3 is 20.5 Å². The van der Waals surface area contributed by atoms with E-state index >= 15 is 0 Å². The zero-order valence-electron chi connectivity index (χ0n) is 13.8. The van der Waals surface area contributed by atoms with E-state index in [1.807, 2.05) is 23.6 Å². The number of thiazole rings is 1. The van der Waals surface area contributed by atoms with E-state index < -0.39 is 5.54 Å². The van der Waals surface area contributed by atoms with Crippen LogP contribution in [0.25, 0.3) is 11.3 Å². The Hall–Kier alpha value is -2.12. The van der Waals surface area contributed by atoms with Crippen molar-refractivity contribution in [2.24, 2.45) is 5.73 Å². The van der Waals surface area contributed by atoms with E-state index in [2.05, 4.69) is 10.3 Å². The average molecular weight is 347 g/mol. The maximum atomic E-state index is 12.4. The molecule has 1 aliphatic carbocycles. The van der Waals surface area contributed by atoms with Gasteiger partial charge in [0.2, 0.25) is 5.91 Å². The summed E-state index contributed by atoms with van der Waals surface area (Å²) in [4.78, 5) is 16.8. The monoisotopic (exact) mass is 347 g/mol. The molecule has 0 saturated heterocycles. The number of nitrogens with two attached hydrogens (primary N) is 1. The fourth-order valence-electron chi connectivity index (χ4n) is 2.91. The molecule has 0 unspecified atom stereocenters. The smallest absolute Gasteiger partial charge is 0.246 e. The Morgan fingerprint density at radius 1 is 1.25 bits per heavy atom. The van der Waals surface area contributed by atoms with Crippen LogP contribution in [0.3, 0.4) is 0 Å². The van der Waals surface area contributed by atoms with Crippen molar-refractivity contribution in [2.75, 3.05) is 19.5 Å². The van der Waals surface area contributed by atoms with Crippen LogP contribution >= 0.6 is 11.3 Å². The Morgan fingerprint density at radius 2 is 1.96 bits per heavy atom. The molecule has 0 atom stereocenters. The van der Waals surface area contributed by atoms with Gasteiger partial charge >= 0.3 is 0 Å². The first kappa shape index (κ1) is 16.7. The van der Waals surface area contributed by atoms with Gasteiger partial charge in [-0.2, -0.15) is 0 Å². The number of amides is 1. The van der Waals surface area contributed by atoms with Crippen molar-refractivity contribution in [3.63, 3.8) is 0 Å². The lowest BCUT2D eigenvalue weighted by atomic mass is 9.98. The Bertz CT molecular complexity index is 738. The molecule has 3 rings (SSSR count). The maximum absolute atomic E-state index is 12.4. The minimum absolute atomic E-state index is 0.145. The molecule has 1 aromatic carbocycles. The highest BCUT2D eigenvalue weighted by molar-refractivity contribution is 7.14. The second-order valence-corrected chi connectivity index (χ2v) is 6.78. The Kier molecular flexibility index (Phi) is 4.73. The summed E-state index contributed by atoms with van der Waals surface area (Å²) in [6.07, 6.45) is 3.46. The molecule has 1 aromatic heterocycles. The molecule has 0 radical (unpaired) electrons. The number of nitrogens with one attached hydrogen (secondary N) is 1. The van der Waals surface area contributed by atoms with Crippen molar-refractivity contribution in [3.8, 4) is 22.8 Å². The van der Waals surface area contributed by atoms with Crippen molar-refractivity contribution in [3.05, 3.63) is 23.6 Å². The molecule has 6 nitrogen and oxygen atoms in total. The topological polar surface area (TPSA) is 86.5 Å². The third-order valence-electron chi connectivity index (χ3n) is 4.35. The van der Waals surface area contributed by atoms with Gasteiger partial charge in [0, 0.05) is 10.9 Å². The highest BCUT2D eigenvalue weighted by Gasteiger charge is 2.37. The summed E-state index contributed by atoms with van der Waals surface area (Å²) in [5, 5.41) is 5.31. The molecule has 1 saturated carbocycles. The minimum Gasteiger partial charge on any atom is -0.493 e. The predicted octanol–water partition coefficient (Wildman–Crippen LogP) is 3.04. The van der Waals surface area contributed by atoms with Gasteiger partial charge in [0.05, 0.1) is 25.5 Å². The molecule has 0 bridgehead atoms. The second kappa shape index (κ2) is 6.78. The molecular formula is C17H21N3O3S. The zero-order valence-corrected chi connectivity index (χ0v) is 14.6. The summed E-state index contributed by atoms with van der Waals surface area (Å²) >= 11 is 1.38. The third-order valence-corrected chi connectivity index (χ3v) is 5.11. The first-order valence-electron chi connectivity index (χ1n) is 7.84. The average Bonchev–Trinajstić information content (AvgIpc) is 3.24. The molecule has 2 aromatic rings. The lowest BCUT2D eigenvalue weighted by molar-refractivity contribution is -0.121. The number of hydrogen-bond acceptors (Lipinski definition) is 6. The summed E-state index contributed by atoms with van der Waals surface area (Å²) in [5.41, 5.74) is 7.09. The number of aromatic nitrogens is 1. The number of benzene rings is 1. The number of ether oxygens (including phenoxy) is 2. The number of rotatable bonds is 5. The molecule has 7 heteroatoms. The van der Waals surface area contributed by atoms with Gasteiger partial charge in [-0.1, -0.05) is 12.8 Å². The summed E-state index contributed by atoms with van der Waals surface area (Å²) in [7, 11) is 3.19. The Balaban J connectivity index is 1.77. The van der Waals surface area contributed by atoms with Crippen molar-refractivity contribution >= 4 is 22.4 Å². The fraction of sp³-hybridized carbons (Fsp3) is 0.412. The lowest BCUT2D eigenvalue weighted by Gasteiger charge is -2.21.